The molecule has 0 aliphatic heterocycles. The standard InChI is InChI=1S/C17H24O4/c1-4-9-20-16-8-7-13(11-17(16)21-10-5-2)15(19)12-14(18)6-3/h7-8,11H,4-6,9-10,12H2,1-3H3. The fourth-order valence-electron chi connectivity index (χ4n) is 1.74. The molecular weight excluding hydrogens is 268 g/mol. The van der Waals surface area contributed by atoms with Crippen molar-refractivity contribution in [1.29, 1.82) is 0 Å². The molecular formula is C17H24O4. The molecule has 0 saturated carbocycles. The van der Waals surface area contributed by atoms with E-state index in [1.165, 1.54) is 0 Å². The fourth-order valence-corrected chi connectivity index (χ4v) is 1.74. The van der Waals surface area contributed by atoms with E-state index in [0.29, 0.717) is 36.7 Å². The summed E-state index contributed by atoms with van der Waals surface area (Å²) in [6.07, 6.45) is 2.10. The summed E-state index contributed by atoms with van der Waals surface area (Å²) in [6.45, 7) is 6.97. The van der Waals surface area contributed by atoms with E-state index in [2.05, 4.69) is 0 Å². The lowest BCUT2D eigenvalue weighted by Gasteiger charge is -2.13. The molecule has 0 N–H and O–H groups in total. The number of hydrogen-bond acceptors (Lipinski definition) is 4. The smallest absolute Gasteiger partial charge is 0.170 e. The van der Waals surface area contributed by atoms with Gasteiger partial charge in [-0.2, -0.15) is 0 Å². The first-order chi connectivity index (χ1) is 10.1. The number of rotatable bonds is 10. The average molecular weight is 292 g/mol. The molecule has 0 amide bonds. The topological polar surface area (TPSA) is 52.6 Å². The molecule has 0 aliphatic carbocycles. The summed E-state index contributed by atoms with van der Waals surface area (Å²) in [5.74, 6) is 0.983. The van der Waals surface area contributed by atoms with Gasteiger partial charge in [0.05, 0.1) is 19.6 Å². The summed E-state index contributed by atoms with van der Waals surface area (Å²) < 4.78 is 11.3. The van der Waals surface area contributed by atoms with Crippen LogP contribution >= 0.6 is 0 Å². The van der Waals surface area contributed by atoms with Gasteiger partial charge < -0.3 is 9.47 Å². The minimum Gasteiger partial charge on any atom is -0.490 e. The highest BCUT2D eigenvalue weighted by Crippen LogP contribution is 2.29. The molecule has 0 spiro atoms. The van der Waals surface area contributed by atoms with Crippen LogP contribution in [0.4, 0.5) is 0 Å². The van der Waals surface area contributed by atoms with Gasteiger partial charge in [-0.25, -0.2) is 0 Å². The van der Waals surface area contributed by atoms with E-state index in [1.54, 1.807) is 25.1 Å². The maximum Gasteiger partial charge on any atom is 0.170 e. The third-order valence-electron chi connectivity index (χ3n) is 2.94. The molecule has 0 aromatic heterocycles. The summed E-state index contributed by atoms with van der Waals surface area (Å²) in [5, 5.41) is 0. The molecule has 0 atom stereocenters. The Hall–Kier alpha value is -1.84. The van der Waals surface area contributed by atoms with Gasteiger partial charge >= 0.3 is 0 Å². The molecule has 1 rings (SSSR count). The molecule has 0 fully saturated rings. The zero-order valence-electron chi connectivity index (χ0n) is 13.1. The van der Waals surface area contributed by atoms with E-state index < -0.39 is 0 Å². The van der Waals surface area contributed by atoms with E-state index in [9.17, 15) is 9.59 Å². The molecule has 4 nitrogen and oxygen atoms in total. The number of ketones is 2. The Morgan fingerprint density at radius 2 is 1.57 bits per heavy atom. The van der Waals surface area contributed by atoms with E-state index in [0.717, 1.165) is 12.8 Å². The maximum atomic E-state index is 12.0. The van der Waals surface area contributed by atoms with Crippen LogP contribution in [-0.4, -0.2) is 24.8 Å². The minimum absolute atomic E-state index is 0.0534. The molecule has 0 radical (unpaired) electrons. The molecule has 0 saturated heterocycles. The molecule has 116 valence electrons. The Morgan fingerprint density at radius 3 is 2.14 bits per heavy atom. The largest absolute Gasteiger partial charge is 0.490 e. The van der Waals surface area contributed by atoms with Crippen molar-refractivity contribution in [3.8, 4) is 11.5 Å². The molecule has 0 bridgehead atoms. The Labute approximate surface area is 126 Å². The van der Waals surface area contributed by atoms with Crippen LogP contribution in [0.25, 0.3) is 0 Å². The van der Waals surface area contributed by atoms with Gasteiger partial charge in [-0.1, -0.05) is 20.8 Å². The zero-order valence-corrected chi connectivity index (χ0v) is 13.1. The van der Waals surface area contributed by atoms with Gasteiger partial charge in [-0.05, 0) is 31.0 Å². The lowest BCUT2D eigenvalue weighted by molar-refractivity contribution is -0.117. The second-order valence-electron chi connectivity index (χ2n) is 4.85. The van der Waals surface area contributed by atoms with Crippen molar-refractivity contribution in [3.05, 3.63) is 23.8 Å². The molecule has 1 aromatic rings. The lowest BCUT2D eigenvalue weighted by atomic mass is 10.0. The second-order valence-corrected chi connectivity index (χ2v) is 4.85. The average Bonchev–Trinajstić information content (AvgIpc) is 2.50. The highest BCUT2D eigenvalue weighted by atomic mass is 16.5. The highest BCUT2D eigenvalue weighted by Gasteiger charge is 2.14. The highest BCUT2D eigenvalue weighted by molar-refractivity contribution is 6.08. The third-order valence-corrected chi connectivity index (χ3v) is 2.94. The molecule has 0 aliphatic rings. The zero-order chi connectivity index (χ0) is 15.7. The van der Waals surface area contributed by atoms with Crippen LogP contribution in [0.2, 0.25) is 0 Å². The SMILES string of the molecule is CCCOc1ccc(C(=O)CC(=O)CC)cc1OCCC. The van der Waals surface area contributed by atoms with Crippen LogP contribution in [0, 0.1) is 0 Å². The first kappa shape index (κ1) is 17.2. The summed E-state index contributed by atoms with van der Waals surface area (Å²) >= 11 is 0. The number of carbonyl (C=O) groups is 2. The summed E-state index contributed by atoms with van der Waals surface area (Å²) in [7, 11) is 0. The summed E-state index contributed by atoms with van der Waals surface area (Å²) in [4.78, 5) is 23.4. The van der Waals surface area contributed by atoms with Crippen molar-refractivity contribution < 1.29 is 19.1 Å². The van der Waals surface area contributed by atoms with Crippen molar-refractivity contribution in [2.24, 2.45) is 0 Å². The number of carbonyl (C=O) groups excluding carboxylic acids is 2. The molecule has 1 aromatic carbocycles. The predicted molar refractivity (Wildman–Crippen MR) is 82.3 cm³/mol. The Kier molecular flexibility index (Phi) is 7.51. The molecule has 21 heavy (non-hydrogen) atoms. The van der Waals surface area contributed by atoms with Crippen molar-refractivity contribution in [2.45, 2.75) is 46.5 Å². The van der Waals surface area contributed by atoms with Crippen LogP contribution in [0.15, 0.2) is 18.2 Å². The van der Waals surface area contributed by atoms with Crippen molar-refractivity contribution >= 4 is 11.6 Å². The van der Waals surface area contributed by atoms with Crippen LogP contribution < -0.4 is 9.47 Å². The monoisotopic (exact) mass is 292 g/mol. The summed E-state index contributed by atoms with van der Waals surface area (Å²) in [5.41, 5.74) is 0.492. The van der Waals surface area contributed by atoms with E-state index in [1.807, 2.05) is 13.8 Å². The molecule has 4 heteroatoms. The van der Waals surface area contributed by atoms with Gasteiger partial charge in [0.1, 0.15) is 5.78 Å². The van der Waals surface area contributed by atoms with Crippen LogP contribution in [0.3, 0.4) is 0 Å². The van der Waals surface area contributed by atoms with Crippen LogP contribution in [-0.2, 0) is 4.79 Å². The van der Waals surface area contributed by atoms with E-state index in [-0.39, 0.29) is 18.0 Å². The van der Waals surface area contributed by atoms with Gasteiger partial charge in [0.15, 0.2) is 17.3 Å². The second kappa shape index (κ2) is 9.16. The van der Waals surface area contributed by atoms with E-state index in [4.69, 9.17) is 9.47 Å². The predicted octanol–water partition coefficient (Wildman–Crippen LogP) is 3.82. The van der Waals surface area contributed by atoms with Crippen molar-refractivity contribution in [2.75, 3.05) is 13.2 Å². The first-order valence-electron chi connectivity index (χ1n) is 7.56. The van der Waals surface area contributed by atoms with Gasteiger partial charge in [0.25, 0.3) is 0 Å². The fraction of sp³-hybridized carbons (Fsp3) is 0.529. The van der Waals surface area contributed by atoms with Crippen molar-refractivity contribution in [1.82, 2.24) is 0 Å². The first-order valence-corrected chi connectivity index (χ1v) is 7.56. The Balaban J connectivity index is 2.91. The van der Waals surface area contributed by atoms with Crippen LogP contribution in [0.1, 0.15) is 56.8 Å². The summed E-state index contributed by atoms with van der Waals surface area (Å²) in [6, 6.07) is 5.10. The van der Waals surface area contributed by atoms with Gasteiger partial charge in [0.2, 0.25) is 0 Å². The normalized spacial score (nSPS) is 10.2. The number of benzene rings is 1. The number of Topliss-reactive ketones (excluding diaryl/α,β-unsaturated/α-hetero) is 2. The number of hydrogen-bond donors (Lipinski definition) is 0. The molecule has 0 heterocycles. The Morgan fingerprint density at radius 1 is 0.952 bits per heavy atom. The van der Waals surface area contributed by atoms with Gasteiger partial charge in [0, 0.05) is 12.0 Å². The van der Waals surface area contributed by atoms with Gasteiger partial charge in [-0.3, -0.25) is 9.59 Å². The van der Waals surface area contributed by atoms with E-state index >= 15 is 0 Å². The molecule has 0 unspecified atom stereocenters. The number of ether oxygens (including phenoxy) is 2. The third kappa shape index (κ3) is 5.58. The minimum atomic E-state index is -0.176. The Bertz CT molecular complexity index is 480. The maximum absolute atomic E-state index is 12.0. The van der Waals surface area contributed by atoms with Crippen molar-refractivity contribution in [3.63, 3.8) is 0 Å². The van der Waals surface area contributed by atoms with Crippen LogP contribution in [0.5, 0.6) is 11.5 Å². The van der Waals surface area contributed by atoms with Gasteiger partial charge in [-0.15, -0.1) is 0 Å². The lowest BCUT2D eigenvalue weighted by Crippen LogP contribution is -2.08. The quantitative estimate of drug-likeness (QED) is 0.486.